The molecule has 2 amide bonds. The van der Waals surface area contributed by atoms with E-state index in [-0.39, 0.29) is 46.3 Å². The third kappa shape index (κ3) is 7.65. The maximum Gasteiger partial charge on any atom is 0.264 e. The predicted molar refractivity (Wildman–Crippen MR) is 194 cm³/mol. The van der Waals surface area contributed by atoms with Gasteiger partial charge < -0.3 is 19.7 Å². The zero-order valence-electron chi connectivity index (χ0n) is 29.3. The molecule has 2 aromatic rings. The molecule has 276 valence electrons. The van der Waals surface area contributed by atoms with Gasteiger partial charge in [0.1, 0.15) is 11.6 Å². The molecule has 4 aliphatic heterocycles. The number of hydrogen-bond acceptors (Lipinski definition) is 8. The number of amides is 2. The van der Waals surface area contributed by atoms with Gasteiger partial charge >= 0.3 is 0 Å². The van der Waals surface area contributed by atoms with E-state index in [4.69, 9.17) is 21.1 Å². The first-order valence-corrected chi connectivity index (χ1v) is 20.3. The lowest BCUT2D eigenvalue weighted by atomic mass is 9.64. The average Bonchev–Trinajstić information content (AvgIpc) is 3.09. The van der Waals surface area contributed by atoms with E-state index in [0.29, 0.717) is 75.8 Å². The molecule has 0 unspecified atom stereocenters. The average molecular weight is 743 g/mol. The van der Waals surface area contributed by atoms with E-state index >= 15 is 4.39 Å². The first kappa shape index (κ1) is 36.2. The van der Waals surface area contributed by atoms with Crippen LogP contribution in [0.15, 0.2) is 42.0 Å². The van der Waals surface area contributed by atoms with Crippen molar-refractivity contribution in [1.29, 1.82) is 0 Å². The van der Waals surface area contributed by atoms with Crippen molar-refractivity contribution < 1.29 is 31.9 Å². The number of rotatable bonds is 4. The molecule has 1 saturated heterocycles. The summed E-state index contributed by atoms with van der Waals surface area (Å²) in [5.74, 6) is -0.220. The highest BCUT2D eigenvalue weighted by Gasteiger charge is 2.45. The third-order valence-electron chi connectivity index (χ3n) is 11.8. The van der Waals surface area contributed by atoms with Crippen molar-refractivity contribution in [2.45, 2.75) is 70.3 Å². The van der Waals surface area contributed by atoms with Gasteiger partial charge in [-0.3, -0.25) is 14.5 Å². The number of nitrogens with one attached hydrogen (secondary N) is 2. The summed E-state index contributed by atoms with van der Waals surface area (Å²) < 4.78 is 58.1. The molecule has 6 aliphatic rings. The number of carbonyl (C=O) groups is 2. The van der Waals surface area contributed by atoms with Crippen LogP contribution in [0.5, 0.6) is 5.75 Å². The second-order valence-corrected chi connectivity index (χ2v) is 17.4. The van der Waals surface area contributed by atoms with Gasteiger partial charge in [-0.15, -0.1) is 0 Å². The van der Waals surface area contributed by atoms with Gasteiger partial charge in [0.15, 0.2) is 0 Å². The highest BCUT2D eigenvalue weighted by atomic mass is 35.5. The molecule has 0 spiro atoms. The molecule has 13 heteroatoms. The quantitative estimate of drug-likeness (QED) is 0.417. The number of carbonyl (C=O) groups excluding carboxylic acids is 2. The van der Waals surface area contributed by atoms with Crippen LogP contribution in [0.25, 0.3) is 0 Å². The Hall–Kier alpha value is -3.19. The lowest BCUT2D eigenvalue weighted by molar-refractivity contribution is -0.124. The van der Waals surface area contributed by atoms with Crippen molar-refractivity contribution >= 4 is 39.1 Å². The minimum absolute atomic E-state index is 0.0235. The van der Waals surface area contributed by atoms with Gasteiger partial charge in [0.05, 0.1) is 41.8 Å². The number of halogens is 2. The van der Waals surface area contributed by atoms with Gasteiger partial charge in [-0.2, -0.15) is 0 Å². The zero-order chi connectivity index (χ0) is 35.9. The molecule has 2 N–H and O–H groups in total. The third-order valence-corrected chi connectivity index (χ3v) is 14.0. The maximum absolute atomic E-state index is 15.6. The molecule has 8 rings (SSSR count). The highest BCUT2D eigenvalue weighted by molar-refractivity contribution is 7.90. The van der Waals surface area contributed by atoms with Gasteiger partial charge in [0.25, 0.3) is 5.91 Å². The molecule has 2 aromatic carbocycles. The summed E-state index contributed by atoms with van der Waals surface area (Å²) in [6, 6.07) is 8.54. The summed E-state index contributed by atoms with van der Waals surface area (Å²) in [4.78, 5) is 29.9. The van der Waals surface area contributed by atoms with Gasteiger partial charge in [-0.05, 0) is 110 Å². The summed E-state index contributed by atoms with van der Waals surface area (Å²) in [6.45, 7) is 7.85. The summed E-state index contributed by atoms with van der Waals surface area (Å²) in [5.41, 5.74) is 3.46. The number of benzene rings is 2. The number of ether oxygens (including phenoxy) is 2. The van der Waals surface area contributed by atoms with Gasteiger partial charge in [0, 0.05) is 38.3 Å². The number of anilines is 1. The molecule has 4 heterocycles. The SMILES string of the molecule is C[C@@H]1[C@@H](C)S(=O)(=O)NC(=O)c2ccc3c(c2)N(Cc2ccc(Cl)c(F)c2CCCCO3)C[C@@H]2CC[C@H]2[C@@H](OCCN2CCNC(=O)C2)C2=C[C@H]1C2. The Morgan fingerprint density at radius 3 is 2.69 bits per heavy atom. The fourth-order valence-electron chi connectivity index (χ4n) is 8.29. The minimum Gasteiger partial charge on any atom is -0.491 e. The van der Waals surface area contributed by atoms with Crippen molar-refractivity contribution in [1.82, 2.24) is 14.9 Å². The number of allylic oxidation sites excluding steroid dienone is 1. The first-order chi connectivity index (χ1) is 24.5. The highest BCUT2D eigenvalue weighted by Crippen LogP contribution is 2.48. The van der Waals surface area contributed by atoms with E-state index in [1.165, 1.54) is 5.57 Å². The molecule has 2 aliphatic carbocycles. The lowest BCUT2D eigenvalue weighted by Gasteiger charge is -2.48. The maximum atomic E-state index is 15.6. The summed E-state index contributed by atoms with van der Waals surface area (Å²) in [7, 11) is -4.01. The van der Waals surface area contributed by atoms with Crippen LogP contribution >= 0.6 is 11.6 Å². The number of piperazine rings is 1. The Balaban J connectivity index is 1.26. The summed E-state index contributed by atoms with van der Waals surface area (Å²) in [5, 5.41) is 2.16. The van der Waals surface area contributed by atoms with Crippen LogP contribution in [0.2, 0.25) is 5.02 Å². The Labute approximate surface area is 305 Å². The van der Waals surface area contributed by atoms with Crippen LogP contribution in [0, 0.1) is 29.5 Å². The van der Waals surface area contributed by atoms with Gasteiger partial charge in [0.2, 0.25) is 15.9 Å². The minimum atomic E-state index is -4.01. The van der Waals surface area contributed by atoms with E-state index in [2.05, 4.69) is 25.9 Å². The Morgan fingerprint density at radius 1 is 1.10 bits per heavy atom. The number of hydrogen-bond donors (Lipinski definition) is 2. The number of sulfonamides is 1. The predicted octanol–water partition coefficient (Wildman–Crippen LogP) is 5.09. The smallest absolute Gasteiger partial charge is 0.264 e. The number of nitrogens with zero attached hydrogens (tertiary/aromatic N) is 2. The van der Waals surface area contributed by atoms with Crippen molar-refractivity contribution in [3.8, 4) is 5.75 Å². The van der Waals surface area contributed by atoms with Gasteiger partial charge in [-0.1, -0.05) is 30.7 Å². The van der Waals surface area contributed by atoms with Crippen LogP contribution in [0.3, 0.4) is 0 Å². The molecular formula is C38H48ClFN4O6S. The standard InChI is InChI=1S/C38H48ClFN4O6S/c1-23-24(2)51(47,48)42-38(46)25-8-11-34-33(19-25)44(20-26-7-10-32(39)36(40)30(26)5-3-4-15-49-34)21-27-6-9-31(27)37(29-17-28(23)18-29)50-16-14-43-13-12-41-35(45)22-43/h7-8,10-11,17,19,23-24,27-28,31,37H,3-6,9,12-16,18,20-22H2,1-2H3,(H,41,45)(H,42,46)/t23-,24-,27+,28+,31-,37+/m1/s1. The second kappa shape index (κ2) is 15.0. The van der Waals surface area contributed by atoms with E-state index < -0.39 is 27.0 Å². The molecule has 2 fully saturated rings. The number of fused-ring (bicyclic) bond motifs is 5. The molecule has 0 radical (unpaired) electrons. The molecule has 0 aromatic heterocycles. The molecule has 51 heavy (non-hydrogen) atoms. The molecule has 10 nitrogen and oxygen atoms in total. The van der Waals surface area contributed by atoms with Crippen molar-refractivity contribution in [3.63, 3.8) is 0 Å². The Kier molecular flexibility index (Phi) is 10.7. The largest absolute Gasteiger partial charge is 0.491 e. The lowest BCUT2D eigenvalue weighted by Crippen LogP contribution is -2.50. The molecule has 1 saturated carbocycles. The second-order valence-electron chi connectivity index (χ2n) is 14.9. The first-order valence-electron chi connectivity index (χ1n) is 18.3. The van der Waals surface area contributed by atoms with Crippen LogP contribution in [-0.2, 0) is 32.5 Å². The normalized spacial score (nSPS) is 29.7. The van der Waals surface area contributed by atoms with Crippen molar-refractivity contribution in [2.24, 2.45) is 23.7 Å². The topological polar surface area (TPSA) is 117 Å². The van der Waals surface area contributed by atoms with Crippen LogP contribution in [0.4, 0.5) is 10.1 Å². The van der Waals surface area contributed by atoms with E-state index in [9.17, 15) is 18.0 Å². The molecule has 4 bridgehead atoms. The zero-order valence-corrected chi connectivity index (χ0v) is 30.9. The summed E-state index contributed by atoms with van der Waals surface area (Å²) in [6.07, 6.45) is 6.66. The van der Waals surface area contributed by atoms with E-state index in [0.717, 1.165) is 37.8 Å². The molecule has 6 atom stereocenters. The van der Waals surface area contributed by atoms with Crippen LogP contribution < -0.4 is 19.7 Å². The summed E-state index contributed by atoms with van der Waals surface area (Å²) >= 11 is 6.27. The molecular weight excluding hydrogens is 695 g/mol. The monoisotopic (exact) mass is 742 g/mol. The Bertz CT molecular complexity index is 1810. The van der Waals surface area contributed by atoms with Crippen LogP contribution in [-0.4, -0.2) is 82.4 Å². The Morgan fingerprint density at radius 2 is 1.92 bits per heavy atom. The van der Waals surface area contributed by atoms with Crippen molar-refractivity contribution in [3.05, 3.63) is 69.5 Å². The van der Waals surface area contributed by atoms with Crippen LogP contribution in [0.1, 0.15) is 67.4 Å². The van der Waals surface area contributed by atoms with E-state index in [1.807, 2.05) is 13.0 Å². The van der Waals surface area contributed by atoms with Crippen molar-refractivity contribution in [2.75, 3.05) is 50.8 Å². The van der Waals surface area contributed by atoms with E-state index in [1.54, 1.807) is 31.2 Å². The fourth-order valence-corrected chi connectivity index (χ4v) is 9.80. The fraction of sp³-hybridized carbons (Fsp3) is 0.579. The van der Waals surface area contributed by atoms with Gasteiger partial charge in [-0.25, -0.2) is 17.5 Å².